The molecular formula is C76H66B2N2O6S2. The highest BCUT2D eigenvalue weighted by atomic mass is 32.2. The van der Waals surface area contributed by atoms with E-state index in [9.17, 15) is 0 Å². The first-order valence-electron chi connectivity index (χ1n) is 30.0. The minimum Gasteiger partial charge on any atom is -0.399 e. The lowest BCUT2D eigenvalue weighted by molar-refractivity contribution is -0.00877. The van der Waals surface area contributed by atoms with Crippen LogP contribution in [0.2, 0.25) is 0 Å². The van der Waals surface area contributed by atoms with Crippen LogP contribution in [0.15, 0.2) is 279 Å². The van der Waals surface area contributed by atoms with Crippen molar-refractivity contribution >= 4 is 77.0 Å². The third-order valence-electron chi connectivity index (χ3n) is 18.2. The first kappa shape index (κ1) is 57.3. The smallest absolute Gasteiger partial charge is 0.399 e. The Morgan fingerprint density at radius 2 is 0.716 bits per heavy atom. The summed E-state index contributed by atoms with van der Waals surface area (Å²) in [5.74, 6) is 0. The van der Waals surface area contributed by atoms with E-state index < -0.39 is 56.1 Å². The third-order valence-corrected chi connectivity index (χ3v) is 23.0. The standard InChI is InChI=1S/C76H66B2N2O6S2/c1-73(2)74(3,4)84-77(83-73)61-48-58(54-30-16-9-17-31-54)49-62(50-61)78-85-75(5,6)76(7,86-78)51-52-42-43-68-66(44-52)70(56-34-20-11-21-35-56)72(88(82,80-68)64-38-24-13-25-39-64)60-46-57(53-28-14-8-15-29-53)45-59(47-60)71-69(55-32-18-10-19-33-55)65-40-26-27-41-67(65)79-87(71,81)63-36-22-12-23-37-63/h8-50H,51H2,1-7H3. The second-order valence-corrected chi connectivity index (χ2v) is 29.1. The van der Waals surface area contributed by atoms with Gasteiger partial charge in [0.25, 0.3) is 0 Å². The Balaban J connectivity index is 0.968. The highest BCUT2D eigenvalue weighted by Crippen LogP contribution is 2.53. The SMILES string of the molecule is CC1(C)OB(c2cc(B3OC(C)(C)C(C)(Cc4ccc5c(c4)C(c4ccccc4)=C(c4cc(C6=C(c7ccccc7)c7ccccc7N=S6(=O)c6ccccc6)cc(-c6ccccc6)c4)S(=O)(c4ccccc4)=N5)O3)cc(-c3ccccc3)c2)OC1(C)C. The average Bonchev–Trinajstić information content (AvgIpc) is 1.08. The molecule has 0 bridgehead atoms. The maximum atomic E-state index is 17.2. The molecule has 0 saturated carbocycles. The predicted octanol–water partition coefficient (Wildman–Crippen LogP) is 17.0. The molecule has 0 spiro atoms. The molecule has 10 aromatic carbocycles. The highest BCUT2D eigenvalue weighted by Gasteiger charge is 2.56. The number of hydrogen-bond donors (Lipinski definition) is 0. The normalized spacial score (nSPS) is 21.5. The molecule has 3 unspecified atom stereocenters. The highest BCUT2D eigenvalue weighted by molar-refractivity contribution is 8.03. The van der Waals surface area contributed by atoms with E-state index in [-0.39, 0.29) is 0 Å². The summed E-state index contributed by atoms with van der Waals surface area (Å²) in [5.41, 5.74) is 11.4. The van der Waals surface area contributed by atoms with Gasteiger partial charge < -0.3 is 18.6 Å². The maximum absolute atomic E-state index is 17.2. The molecule has 434 valence electrons. The Morgan fingerprint density at radius 1 is 0.341 bits per heavy atom. The molecule has 2 fully saturated rings. The van der Waals surface area contributed by atoms with Crippen LogP contribution in [-0.4, -0.2) is 45.1 Å². The van der Waals surface area contributed by atoms with Crippen molar-refractivity contribution in [2.24, 2.45) is 8.73 Å². The molecule has 12 heteroatoms. The molecule has 0 aromatic heterocycles. The number of hydrogen-bond acceptors (Lipinski definition) is 8. The molecule has 4 aliphatic heterocycles. The summed E-state index contributed by atoms with van der Waals surface area (Å²) >= 11 is 0. The van der Waals surface area contributed by atoms with Crippen molar-refractivity contribution in [3.05, 3.63) is 300 Å². The van der Waals surface area contributed by atoms with Gasteiger partial charge in [-0.3, -0.25) is 0 Å². The molecule has 0 N–H and O–H groups in total. The zero-order chi connectivity index (χ0) is 60.6. The molecular weight excluding hydrogens is 1120 g/mol. The van der Waals surface area contributed by atoms with Crippen molar-refractivity contribution in [3.63, 3.8) is 0 Å². The Kier molecular flexibility index (Phi) is 14.3. The van der Waals surface area contributed by atoms with Crippen LogP contribution in [0.5, 0.6) is 0 Å². The van der Waals surface area contributed by atoms with Crippen LogP contribution < -0.4 is 10.9 Å². The van der Waals surface area contributed by atoms with Gasteiger partial charge in [-0.05, 0) is 170 Å². The second-order valence-electron chi connectivity index (χ2n) is 24.9. The number of nitrogens with zero attached hydrogens (tertiary/aromatic N) is 2. The summed E-state index contributed by atoms with van der Waals surface area (Å²) < 4.78 is 72.4. The van der Waals surface area contributed by atoms with Crippen molar-refractivity contribution in [2.45, 2.75) is 87.1 Å². The van der Waals surface area contributed by atoms with E-state index in [4.69, 9.17) is 27.3 Å². The fourth-order valence-corrected chi connectivity index (χ4v) is 17.2. The van der Waals surface area contributed by atoms with E-state index in [0.717, 1.165) is 72.1 Å². The van der Waals surface area contributed by atoms with Gasteiger partial charge in [0.05, 0.1) is 53.4 Å². The number of benzene rings is 10. The molecule has 88 heavy (non-hydrogen) atoms. The van der Waals surface area contributed by atoms with Crippen molar-refractivity contribution in [1.29, 1.82) is 0 Å². The lowest BCUT2D eigenvalue weighted by Gasteiger charge is -2.37. The summed E-state index contributed by atoms with van der Waals surface area (Å²) in [4.78, 5) is 2.25. The molecule has 4 aliphatic rings. The van der Waals surface area contributed by atoms with Gasteiger partial charge in [0.1, 0.15) is 19.5 Å². The maximum Gasteiger partial charge on any atom is 0.494 e. The van der Waals surface area contributed by atoms with Gasteiger partial charge in [0.2, 0.25) is 0 Å². The van der Waals surface area contributed by atoms with E-state index >= 15 is 8.42 Å². The van der Waals surface area contributed by atoms with Crippen molar-refractivity contribution in [3.8, 4) is 22.3 Å². The van der Waals surface area contributed by atoms with E-state index in [1.54, 1.807) is 0 Å². The van der Waals surface area contributed by atoms with Gasteiger partial charge in [-0.2, -0.15) is 8.73 Å². The molecule has 10 aromatic rings. The fraction of sp³-hybridized carbons (Fsp3) is 0.158. The Bertz CT molecular complexity index is 4680. The molecule has 2 saturated heterocycles. The van der Waals surface area contributed by atoms with E-state index in [0.29, 0.717) is 48.5 Å². The summed E-state index contributed by atoms with van der Waals surface area (Å²) in [7, 11) is -8.31. The second kappa shape index (κ2) is 22.0. The van der Waals surface area contributed by atoms with E-state index in [1.165, 1.54) is 0 Å². The topological polar surface area (TPSA) is 95.8 Å². The third kappa shape index (κ3) is 10.1. The molecule has 4 heterocycles. The molecule has 0 radical (unpaired) electrons. The minimum atomic E-state index is -3.53. The lowest BCUT2D eigenvalue weighted by Crippen LogP contribution is -2.46. The Hall–Kier alpha value is -8.45. The molecule has 0 amide bonds. The Morgan fingerprint density at radius 3 is 1.20 bits per heavy atom. The molecule has 0 aliphatic carbocycles. The van der Waals surface area contributed by atoms with Crippen LogP contribution in [0, 0.1) is 0 Å². The van der Waals surface area contributed by atoms with Crippen molar-refractivity contribution in [1.82, 2.24) is 0 Å². The fourth-order valence-electron chi connectivity index (χ4n) is 12.6. The molecule has 8 nitrogen and oxygen atoms in total. The van der Waals surface area contributed by atoms with Crippen molar-refractivity contribution < 1.29 is 27.0 Å². The molecule has 3 atom stereocenters. The van der Waals surface area contributed by atoms with E-state index in [2.05, 4.69) is 152 Å². The van der Waals surface area contributed by atoms with Crippen molar-refractivity contribution in [2.75, 3.05) is 0 Å². The van der Waals surface area contributed by atoms with Crippen LogP contribution in [-0.2, 0) is 44.5 Å². The first-order chi connectivity index (χ1) is 42.4. The number of rotatable bonds is 12. The predicted molar refractivity (Wildman–Crippen MR) is 361 cm³/mol. The monoisotopic (exact) mass is 1190 g/mol. The van der Waals surface area contributed by atoms with Crippen LogP contribution in [0.3, 0.4) is 0 Å². The minimum absolute atomic E-state index is 0.459. The summed E-state index contributed by atoms with van der Waals surface area (Å²) in [5, 5.41) is 0. The quantitative estimate of drug-likeness (QED) is 0.113. The number of fused-ring (bicyclic) bond motifs is 2. The largest absolute Gasteiger partial charge is 0.494 e. The summed E-state index contributed by atoms with van der Waals surface area (Å²) in [6, 6.07) is 87.1. The van der Waals surface area contributed by atoms with Gasteiger partial charge in [-0.1, -0.05) is 200 Å². The van der Waals surface area contributed by atoms with Crippen LogP contribution >= 0.6 is 0 Å². The van der Waals surface area contributed by atoms with Gasteiger partial charge in [0, 0.05) is 28.7 Å². The molecule has 14 rings (SSSR count). The zero-order valence-corrected chi connectivity index (χ0v) is 52.0. The van der Waals surface area contributed by atoms with Crippen LogP contribution in [0.1, 0.15) is 87.4 Å². The zero-order valence-electron chi connectivity index (χ0n) is 50.3. The van der Waals surface area contributed by atoms with Gasteiger partial charge in [0.15, 0.2) is 0 Å². The van der Waals surface area contributed by atoms with Gasteiger partial charge in [-0.25, -0.2) is 8.42 Å². The van der Waals surface area contributed by atoms with Crippen LogP contribution in [0.4, 0.5) is 11.4 Å². The van der Waals surface area contributed by atoms with E-state index in [1.807, 2.05) is 158 Å². The summed E-state index contributed by atoms with van der Waals surface area (Å²) in [6.07, 6.45) is 0.459. The van der Waals surface area contributed by atoms with Crippen LogP contribution in [0.25, 0.3) is 43.2 Å². The first-order valence-corrected chi connectivity index (χ1v) is 33.0. The average molecular weight is 1190 g/mol. The lowest BCUT2D eigenvalue weighted by atomic mass is 9.70. The van der Waals surface area contributed by atoms with Gasteiger partial charge >= 0.3 is 14.2 Å². The Labute approximate surface area is 518 Å². The van der Waals surface area contributed by atoms with Gasteiger partial charge in [-0.15, -0.1) is 0 Å². The summed E-state index contributed by atoms with van der Waals surface area (Å²) in [6.45, 7) is 14.6.